The Bertz CT molecular complexity index is 1300. The summed E-state index contributed by atoms with van der Waals surface area (Å²) in [7, 11) is 1.74. The van der Waals surface area contributed by atoms with Crippen LogP contribution in [0.5, 0.6) is 0 Å². The summed E-state index contributed by atoms with van der Waals surface area (Å²) in [6.45, 7) is 1.89. The van der Waals surface area contributed by atoms with Crippen molar-refractivity contribution in [2.75, 3.05) is 7.05 Å². The van der Waals surface area contributed by atoms with Gasteiger partial charge in [-0.1, -0.05) is 24.6 Å². The molecule has 3 aromatic heterocycles. The summed E-state index contributed by atoms with van der Waals surface area (Å²) in [4.78, 5) is 34.5. The van der Waals surface area contributed by atoms with E-state index in [9.17, 15) is 9.59 Å². The average Bonchev–Trinajstić information content (AvgIpc) is 3.29. The summed E-state index contributed by atoms with van der Waals surface area (Å²) in [5.41, 5.74) is 1.84. The maximum Gasteiger partial charge on any atom is 0.262 e. The van der Waals surface area contributed by atoms with Gasteiger partial charge in [0.2, 0.25) is 5.91 Å². The van der Waals surface area contributed by atoms with Gasteiger partial charge in [-0.25, -0.2) is 4.98 Å². The molecule has 0 fully saturated rings. The van der Waals surface area contributed by atoms with Crippen LogP contribution in [0.4, 0.5) is 0 Å². The van der Waals surface area contributed by atoms with Gasteiger partial charge in [0, 0.05) is 17.3 Å². The molecule has 0 saturated carbocycles. The third-order valence-corrected chi connectivity index (χ3v) is 7.53. The van der Waals surface area contributed by atoms with Crippen LogP contribution in [-0.4, -0.2) is 27.4 Å². The van der Waals surface area contributed by atoms with Crippen LogP contribution in [0, 0.1) is 0 Å². The molecule has 4 aromatic rings. The number of nitrogens with zero attached hydrogens (tertiary/aromatic N) is 3. The van der Waals surface area contributed by atoms with Crippen LogP contribution >= 0.6 is 11.3 Å². The van der Waals surface area contributed by atoms with Crippen molar-refractivity contribution < 1.29 is 9.21 Å². The van der Waals surface area contributed by atoms with Gasteiger partial charge in [-0.05, 0) is 50.3 Å². The van der Waals surface area contributed by atoms with E-state index in [4.69, 9.17) is 4.42 Å². The first-order valence-corrected chi connectivity index (χ1v) is 11.6. The minimum atomic E-state index is -0.246. The number of carbonyl (C=O) groups is 1. The standard InChI is InChI=1S/C24H25N3O3S/c1-15(19-12-16-8-6-7-10-18(16)30-19)26(2)21(28)13-27-14-25-23-22(24(27)29)17-9-4-3-5-11-20(17)31-23/h6-8,10,12,14-15H,3-5,9,11,13H2,1-2H3. The summed E-state index contributed by atoms with van der Waals surface area (Å²) >= 11 is 1.63. The highest BCUT2D eigenvalue weighted by molar-refractivity contribution is 7.18. The number of para-hydroxylation sites is 1. The van der Waals surface area contributed by atoms with Gasteiger partial charge in [0.15, 0.2) is 0 Å². The van der Waals surface area contributed by atoms with Crippen LogP contribution in [0.3, 0.4) is 0 Å². The number of rotatable bonds is 4. The summed E-state index contributed by atoms with van der Waals surface area (Å²) in [6, 6.07) is 9.50. The third kappa shape index (κ3) is 3.57. The lowest BCUT2D eigenvalue weighted by atomic mass is 10.1. The smallest absolute Gasteiger partial charge is 0.262 e. The van der Waals surface area contributed by atoms with Crippen molar-refractivity contribution in [3.05, 3.63) is 63.2 Å². The Morgan fingerprint density at radius 3 is 2.90 bits per heavy atom. The number of hydrogen-bond donors (Lipinski definition) is 0. The Hall–Kier alpha value is -2.93. The summed E-state index contributed by atoms with van der Waals surface area (Å²) < 4.78 is 7.37. The monoisotopic (exact) mass is 435 g/mol. The predicted molar refractivity (Wildman–Crippen MR) is 123 cm³/mol. The molecular formula is C24H25N3O3S. The molecule has 0 aliphatic heterocycles. The quantitative estimate of drug-likeness (QED) is 0.436. The maximum atomic E-state index is 13.2. The van der Waals surface area contributed by atoms with Gasteiger partial charge in [0.05, 0.1) is 17.8 Å². The summed E-state index contributed by atoms with van der Waals surface area (Å²) in [5.74, 6) is 0.568. The molecule has 0 bridgehead atoms. The summed E-state index contributed by atoms with van der Waals surface area (Å²) in [6.07, 6.45) is 6.92. The van der Waals surface area contributed by atoms with Gasteiger partial charge in [0.25, 0.3) is 5.56 Å². The predicted octanol–water partition coefficient (Wildman–Crippen LogP) is 4.69. The second kappa shape index (κ2) is 7.96. The number of furan rings is 1. The zero-order chi connectivity index (χ0) is 21.5. The van der Waals surface area contributed by atoms with Crippen LogP contribution in [0.2, 0.25) is 0 Å². The highest BCUT2D eigenvalue weighted by Crippen LogP contribution is 2.32. The van der Waals surface area contributed by atoms with Crippen molar-refractivity contribution in [1.29, 1.82) is 0 Å². The Balaban J connectivity index is 1.41. The molecule has 1 aromatic carbocycles. The van der Waals surface area contributed by atoms with Crippen molar-refractivity contribution in [3.63, 3.8) is 0 Å². The van der Waals surface area contributed by atoms with Gasteiger partial charge in [0.1, 0.15) is 22.7 Å². The van der Waals surface area contributed by atoms with Gasteiger partial charge < -0.3 is 9.32 Å². The number of hydrogen-bond acceptors (Lipinski definition) is 5. The van der Waals surface area contributed by atoms with E-state index >= 15 is 0 Å². The molecule has 1 atom stereocenters. The van der Waals surface area contributed by atoms with E-state index in [1.807, 2.05) is 37.3 Å². The fourth-order valence-corrected chi connectivity index (χ4v) is 5.56. The van der Waals surface area contributed by atoms with E-state index in [1.165, 1.54) is 22.2 Å². The second-order valence-corrected chi connectivity index (χ2v) is 9.37. The van der Waals surface area contributed by atoms with E-state index in [0.29, 0.717) is 5.39 Å². The first kappa shape index (κ1) is 20.0. The lowest BCUT2D eigenvalue weighted by Gasteiger charge is -2.23. The van der Waals surface area contributed by atoms with Gasteiger partial charge >= 0.3 is 0 Å². The van der Waals surface area contributed by atoms with Gasteiger partial charge in [-0.2, -0.15) is 0 Å². The molecule has 1 aliphatic carbocycles. The number of thiophene rings is 1. The molecule has 5 rings (SSSR count). The molecule has 7 heteroatoms. The lowest BCUT2D eigenvalue weighted by Crippen LogP contribution is -2.35. The average molecular weight is 436 g/mol. The number of benzene rings is 1. The number of aromatic nitrogens is 2. The molecule has 1 aliphatic rings. The molecule has 0 N–H and O–H groups in total. The maximum absolute atomic E-state index is 13.2. The molecule has 6 nitrogen and oxygen atoms in total. The van der Waals surface area contributed by atoms with E-state index < -0.39 is 0 Å². The molecule has 0 radical (unpaired) electrons. The minimum absolute atomic E-state index is 0.0343. The Morgan fingerprint density at radius 1 is 1.26 bits per heavy atom. The minimum Gasteiger partial charge on any atom is -0.459 e. The first-order valence-electron chi connectivity index (χ1n) is 10.8. The second-order valence-electron chi connectivity index (χ2n) is 8.29. The topological polar surface area (TPSA) is 68.3 Å². The van der Waals surface area contributed by atoms with Crippen molar-refractivity contribution in [1.82, 2.24) is 14.5 Å². The Kier molecular flexibility index (Phi) is 5.14. The van der Waals surface area contributed by atoms with E-state index in [1.54, 1.807) is 23.3 Å². The molecule has 0 saturated heterocycles. The van der Waals surface area contributed by atoms with Crippen molar-refractivity contribution in [3.8, 4) is 0 Å². The Labute approximate surface area is 184 Å². The summed E-state index contributed by atoms with van der Waals surface area (Å²) in [5, 5.41) is 1.72. The van der Waals surface area contributed by atoms with E-state index in [0.717, 1.165) is 52.8 Å². The van der Waals surface area contributed by atoms with Crippen LogP contribution in [-0.2, 0) is 24.2 Å². The largest absolute Gasteiger partial charge is 0.459 e. The molecule has 3 heterocycles. The molecular weight excluding hydrogens is 410 g/mol. The van der Waals surface area contributed by atoms with Crippen molar-refractivity contribution in [2.45, 2.75) is 51.6 Å². The number of fused-ring (bicyclic) bond motifs is 4. The third-order valence-electron chi connectivity index (χ3n) is 6.33. The van der Waals surface area contributed by atoms with Crippen molar-refractivity contribution >= 4 is 38.4 Å². The number of aryl methyl sites for hydroxylation is 2. The normalized spacial score (nSPS) is 15.0. The van der Waals surface area contributed by atoms with Crippen LogP contribution in [0.15, 0.2) is 45.9 Å². The van der Waals surface area contributed by atoms with Gasteiger partial charge in [-0.3, -0.25) is 14.2 Å². The molecule has 31 heavy (non-hydrogen) atoms. The fraction of sp³-hybridized carbons (Fsp3) is 0.375. The molecule has 160 valence electrons. The fourth-order valence-electron chi connectivity index (χ4n) is 4.34. The first-order chi connectivity index (χ1) is 15.0. The number of likely N-dealkylation sites (N-methyl/N-ethyl adjacent to an activating group) is 1. The zero-order valence-electron chi connectivity index (χ0n) is 17.8. The Morgan fingerprint density at radius 2 is 2.06 bits per heavy atom. The van der Waals surface area contributed by atoms with Crippen LogP contribution in [0.1, 0.15) is 48.4 Å². The van der Waals surface area contributed by atoms with Crippen molar-refractivity contribution in [2.24, 2.45) is 0 Å². The lowest BCUT2D eigenvalue weighted by molar-refractivity contribution is -0.132. The zero-order valence-corrected chi connectivity index (χ0v) is 18.6. The number of amides is 1. The SMILES string of the molecule is CC(c1cc2ccccc2o1)N(C)C(=O)Cn1cnc2sc3c(c2c1=O)CCCCC3. The molecule has 1 unspecified atom stereocenters. The molecule has 1 amide bonds. The molecule has 0 spiro atoms. The van der Waals surface area contributed by atoms with Crippen LogP contribution in [0.25, 0.3) is 21.2 Å². The van der Waals surface area contributed by atoms with Gasteiger partial charge in [-0.15, -0.1) is 11.3 Å². The number of carbonyl (C=O) groups excluding carboxylic acids is 1. The highest BCUT2D eigenvalue weighted by Gasteiger charge is 2.23. The van der Waals surface area contributed by atoms with Crippen LogP contribution < -0.4 is 5.56 Å². The van der Waals surface area contributed by atoms with E-state index in [-0.39, 0.29) is 24.1 Å². The highest BCUT2D eigenvalue weighted by atomic mass is 32.1. The van der Waals surface area contributed by atoms with E-state index in [2.05, 4.69) is 4.98 Å².